The fourth-order valence-corrected chi connectivity index (χ4v) is 3.90. The summed E-state index contributed by atoms with van der Waals surface area (Å²) < 4.78 is 0.879. The monoisotopic (exact) mass is 320 g/mol. The zero-order valence-electron chi connectivity index (χ0n) is 11.6. The third-order valence-corrected chi connectivity index (χ3v) is 5.29. The van der Waals surface area contributed by atoms with E-state index in [1.807, 2.05) is 0 Å². The predicted molar refractivity (Wildman–Crippen MR) is 87.7 cm³/mol. The SMILES string of the molecule is O=C1c2ccccc2C(=O)N1CCSC(=S)N1CCCC1. The molecular weight excluding hydrogens is 304 g/mol. The summed E-state index contributed by atoms with van der Waals surface area (Å²) in [6.45, 7) is 2.46. The number of carbonyl (C=O) groups excluding carboxylic acids is 2. The van der Waals surface area contributed by atoms with Crippen LogP contribution in [0.2, 0.25) is 0 Å². The molecule has 2 aliphatic heterocycles. The molecule has 3 rings (SSSR count). The number of carbonyl (C=O) groups is 2. The molecule has 0 spiro atoms. The lowest BCUT2D eigenvalue weighted by Crippen LogP contribution is -2.32. The minimum atomic E-state index is -0.191. The number of thiocarbonyl (C=S) groups is 1. The molecule has 1 aromatic carbocycles. The van der Waals surface area contributed by atoms with Crippen LogP contribution in [0.4, 0.5) is 0 Å². The highest BCUT2D eigenvalue weighted by Gasteiger charge is 2.34. The van der Waals surface area contributed by atoms with Crippen LogP contribution in [0, 0.1) is 0 Å². The molecule has 0 saturated carbocycles. The fraction of sp³-hybridized carbons (Fsp3) is 0.400. The van der Waals surface area contributed by atoms with Gasteiger partial charge in [-0.2, -0.15) is 0 Å². The Morgan fingerprint density at radius 1 is 1.10 bits per heavy atom. The third kappa shape index (κ3) is 2.82. The minimum absolute atomic E-state index is 0.191. The van der Waals surface area contributed by atoms with Crippen molar-refractivity contribution >= 4 is 40.1 Å². The summed E-state index contributed by atoms with van der Waals surface area (Å²) in [7, 11) is 0. The molecule has 0 aromatic heterocycles. The molecule has 1 saturated heterocycles. The molecule has 0 radical (unpaired) electrons. The summed E-state index contributed by atoms with van der Waals surface area (Å²) in [4.78, 5) is 27.9. The molecule has 110 valence electrons. The Balaban J connectivity index is 1.56. The zero-order chi connectivity index (χ0) is 14.8. The number of hydrogen-bond donors (Lipinski definition) is 0. The quantitative estimate of drug-likeness (QED) is 0.632. The number of hydrogen-bond acceptors (Lipinski definition) is 4. The predicted octanol–water partition coefficient (Wildman–Crippen LogP) is 2.40. The maximum Gasteiger partial charge on any atom is 0.261 e. The molecule has 6 heteroatoms. The van der Waals surface area contributed by atoms with Gasteiger partial charge in [0.1, 0.15) is 4.32 Å². The van der Waals surface area contributed by atoms with E-state index in [-0.39, 0.29) is 11.8 Å². The summed E-state index contributed by atoms with van der Waals surface area (Å²) >= 11 is 6.94. The van der Waals surface area contributed by atoms with E-state index in [0.29, 0.717) is 23.4 Å². The number of nitrogens with zero attached hydrogens (tertiary/aromatic N) is 2. The van der Waals surface area contributed by atoms with Crippen molar-refractivity contribution in [1.29, 1.82) is 0 Å². The van der Waals surface area contributed by atoms with Gasteiger partial charge in [-0.15, -0.1) is 0 Å². The molecule has 2 amide bonds. The van der Waals surface area contributed by atoms with Gasteiger partial charge in [0.2, 0.25) is 0 Å². The Bertz CT molecular complexity index is 562. The normalized spacial score (nSPS) is 17.5. The van der Waals surface area contributed by atoms with Crippen molar-refractivity contribution in [2.24, 2.45) is 0 Å². The molecule has 0 N–H and O–H groups in total. The van der Waals surface area contributed by atoms with Crippen molar-refractivity contribution in [2.45, 2.75) is 12.8 Å². The van der Waals surface area contributed by atoms with Gasteiger partial charge < -0.3 is 4.90 Å². The molecule has 0 aliphatic carbocycles. The maximum absolute atomic E-state index is 12.2. The Labute approximate surface area is 133 Å². The van der Waals surface area contributed by atoms with Crippen LogP contribution in [-0.4, -0.2) is 51.3 Å². The summed E-state index contributed by atoms with van der Waals surface area (Å²) in [5.41, 5.74) is 1.02. The van der Waals surface area contributed by atoms with Gasteiger partial charge >= 0.3 is 0 Å². The first-order valence-corrected chi connectivity index (χ1v) is 8.45. The van der Waals surface area contributed by atoms with Crippen LogP contribution in [-0.2, 0) is 0 Å². The molecular formula is C15H16N2O2S2. The molecule has 0 unspecified atom stereocenters. The molecule has 21 heavy (non-hydrogen) atoms. The van der Waals surface area contributed by atoms with Crippen molar-refractivity contribution in [3.8, 4) is 0 Å². The molecule has 2 heterocycles. The van der Waals surface area contributed by atoms with Crippen LogP contribution in [0.25, 0.3) is 0 Å². The highest BCUT2D eigenvalue weighted by molar-refractivity contribution is 8.22. The topological polar surface area (TPSA) is 40.6 Å². The largest absolute Gasteiger partial charge is 0.358 e. The number of likely N-dealkylation sites (tertiary alicyclic amines) is 1. The van der Waals surface area contributed by atoms with Crippen LogP contribution in [0.5, 0.6) is 0 Å². The number of thioether (sulfide) groups is 1. The highest BCUT2D eigenvalue weighted by Crippen LogP contribution is 2.23. The molecule has 0 atom stereocenters. The second kappa shape index (κ2) is 6.15. The van der Waals surface area contributed by atoms with Crippen molar-refractivity contribution in [2.75, 3.05) is 25.4 Å². The van der Waals surface area contributed by atoms with Gasteiger partial charge in [0.05, 0.1) is 11.1 Å². The Hall–Kier alpha value is -1.40. The molecule has 1 fully saturated rings. The Kier molecular flexibility index (Phi) is 4.26. The van der Waals surface area contributed by atoms with Gasteiger partial charge in [0.15, 0.2) is 0 Å². The molecule has 2 aliphatic rings. The number of imide groups is 1. The van der Waals surface area contributed by atoms with Gasteiger partial charge in [-0.3, -0.25) is 14.5 Å². The van der Waals surface area contributed by atoms with Gasteiger partial charge in [0, 0.05) is 25.4 Å². The van der Waals surface area contributed by atoms with Crippen LogP contribution >= 0.6 is 24.0 Å². The van der Waals surface area contributed by atoms with E-state index in [1.165, 1.54) is 17.7 Å². The zero-order valence-corrected chi connectivity index (χ0v) is 13.2. The number of rotatable bonds is 3. The van der Waals surface area contributed by atoms with Crippen molar-refractivity contribution < 1.29 is 9.59 Å². The number of benzene rings is 1. The summed E-state index contributed by atoms with van der Waals surface area (Å²) in [5, 5.41) is 0. The first-order chi connectivity index (χ1) is 10.2. The van der Waals surface area contributed by atoms with E-state index in [1.54, 1.807) is 36.0 Å². The Morgan fingerprint density at radius 2 is 1.67 bits per heavy atom. The second-order valence-electron chi connectivity index (χ2n) is 5.12. The lowest BCUT2D eigenvalue weighted by molar-refractivity contribution is 0.0664. The minimum Gasteiger partial charge on any atom is -0.358 e. The van der Waals surface area contributed by atoms with Crippen LogP contribution in [0.1, 0.15) is 33.6 Å². The first-order valence-electron chi connectivity index (χ1n) is 7.05. The van der Waals surface area contributed by atoms with E-state index in [2.05, 4.69) is 4.90 Å². The molecule has 1 aromatic rings. The van der Waals surface area contributed by atoms with Crippen molar-refractivity contribution in [1.82, 2.24) is 9.80 Å². The maximum atomic E-state index is 12.2. The van der Waals surface area contributed by atoms with E-state index >= 15 is 0 Å². The summed E-state index contributed by atoms with van der Waals surface area (Å²) in [6, 6.07) is 6.98. The third-order valence-electron chi connectivity index (χ3n) is 3.78. The molecule has 4 nitrogen and oxygen atoms in total. The van der Waals surface area contributed by atoms with Gasteiger partial charge in [-0.25, -0.2) is 0 Å². The second-order valence-corrected chi connectivity index (χ2v) is 6.84. The van der Waals surface area contributed by atoms with E-state index in [9.17, 15) is 9.59 Å². The van der Waals surface area contributed by atoms with E-state index in [0.717, 1.165) is 17.4 Å². The van der Waals surface area contributed by atoms with Crippen molar-refractivity contribution in [3.05, 3.63) is 35.4 Å². The van der Waals surface area contributed by atoms with Gasteiger partial charge in [0.25, 0.3) is 11.8 Å². The average Bonchev–Trinajstić information content (AvgIpc) is 3.11. The average molecular weight is 320 g/mol. The van der Waals surface area contributed by atoms with Gasteiger partial charge in [-0.1, -0.05) is 36.1 Å². The smallest absolute Gasteiger partial charge is 0.261 e. The Morgan fingerprint density at radius 3 is 2.24 bits per heavy atom. The fourth-order valence-electron chi connectivity index (χ4n) is 2.66. The lowest BCUT2D eigenvalue weighted by atomic mass is 10.1. The standard InChI is InChI=1S/C15H16N2O2S2/c18-13-11-5-1-2-6-12(11)14(19)17(13)9-10-21-15(20)16-7-3-4-8-16/h1-2,5-6H,3-4,7-10H2. The van der Waals surface area contributed by atoms with Crippen molar-refractivity contribution in [3.63, 3.8) is 0 Å². The number of fused-ring (bicyclic) bond motifs is 1. The van der Waals surface area contributed by atoms with E-state index in [4.69, 9.17) is 12.2 Å². The highest BCUT2D eigenvalue weighted by atomic mass is 32.2. The van der Waals surface area contributed by atoms with Crippen LogP contribution in [0.3, 0.4) is 0 Å². The number of amides is 2. The van der Waals surface area contributed by atoms with E-state index < -0.39 is 0 Å². The lowest BCUT2D eigenvalue weighted by Gasteiger charge is -2.19. The van der Waals surface area contributed by atoms with Crippen LogP contribution < -0.4 is 0 Å². The molecule has 0 bridgehead atoms. The first kappa shape index (κ1) is 14.5. The summed E-state index contributed by atoms with van der Waals surface area (Å²) in [6.07, 6.45) is 2.39. The van der Waals surface area contributed by atoms with Crippen LogP contribution in [0.15, 0.2) is 24.3 Å². The van der Waals surface area contributed by atoms with Gasteiger partial charge in [-0.05, 0) is 25.0 Å². The summed E-state index contributed by atoms with van der Waals surface area (Å²) in [5.74, 6) is 0.271.